The van der Waals surface area contributed by atoms with Crippen molar-refractivity contribution in [2.24, 2.45) is 0 Å². The SMILES string of the molecule is C=C(C)C(=O)Oc1ccc(C=C(C)C)cc1. The van der Waals surface area contributed by atoms with Crippen LogP contribution in [0, 0.1) is 0 Å². The highest BCUT2D eigenvalue weighted by Crippen LogP contribution is 2.15. The zero-order valence-corrected chi connectivity index (χ0v) is 9.91. The van der Waals surface area contributed by atoms with Crippen LogP contribution in [0.4, 0.5) is 0 Å². The Morgan fingerprint density at radius 1 is 1.19 bits per heavy atom. The zero-order valence-electron chi connectivity index (χ0n) is 9.91. The minimum absolute atomic E-state index is 0.394. The van der Waals surface area contributed by atoms with Crippen LogP contribution in [-0.4, -0.2) is 5.97 Å². The normalized spacial score (nSPS) is 9.44. The number of hydrogen-bond acceptors (Lipinski definition) is 2. The van der Waals surface area contributed by atoms with Crippen LogP contribution >= 0.6 is 0 Å². The Hall–Kier alpha value is -1.83. The predicted octanol–water partition coefficient (Wildman–Crippen LogP) is 3.59. The van der Waals surface area contributed by atoms with Crippen molar-refractivity contribution in [1.82, 2.24) is 0 Å². The monoisotopic (exact) mass is 216 g/mol. The van der Waals surface area contributed by atoms with Crippen molar-refractivity contribution in [3.63, 3.8) is 0 Å². The van der Waals surface area contributed by atoms with Crippen LogP contribution in [0.1, 0.15) is 26.3 Å². The fourth-order valence-electron chi connectivity index (χ4n) is 1.16. The average molecular weight is 216 g/mol. The van der Waals surface area contributed by atoms with Gasteiger partial charge in [0, 0.05) is 5.57 Å². The van der Waals surface area contributed by atoms with Gasteiger partial charge in [-0.05, 0) is 38.5 Å². The third-order valence-corrected chi connectivity index (χ3v) is 1.89. The first kappa shape index (κ1) is 12.2. The molecule has 0 aliphatic carbocycles. The van der Waals surface area contributed by atoms with Gasteiger partial charge < -0.3 is 4.74 Å². The molecule has 0 heterocycles. The number of carbonyl (C=O) groups is 1. The van der Waals surface area contributed by atoms with Gasteiger partial charge in [0.1, 0.15) is 5.75 Å². The van der Waals surface area contributed by atoms with Crippen molar-refractivity contribution in [2.75, 3.05) is 0 Å². The van der Waals surface area contributed by atoms with E-state index >= 15 is 0 Å². The molecule has 0 aliphatic heterocycles. The van der Waals surface area contributed by atoms with Crippen molar-refractivity contribution >= 4 is 12.0 Å². The van der Waals surface area contributed by atoms with Gasteiger partial charge >= 0.3 is 5.97 Å². The molecule has 0 atom stereocenters. The fraction of sp³-hybridized carbons (Fsp3) is 0.214. The molecule has 1 rings (SSSR count). The van der Waals surface area contributed by atoms with Gasteiger partial charge in [0.15, 0.2) is 0 Å². The molecule has 0 fully saturated rings. The number of benzene rings is 1. The Labute approximate surface area is 96.2 Å². The Morgan fingerprint density at radius 3 is 2.19 bits per heavy atom. The van der Waals surface area contributed by atoms with Gasteiger partial charge in [0.05, 0.1) is 0 Å². The Kier molecular flexibility index (Phi) is 4.06. The molecule has 0 spiro atoms. The number of esters is 1. The van der Waals surface area contributed by atoms with E-state index in [0.717, 1.165) is 5.56 Å². The molecule has 1 aromatic carbocycles. The summed E-state index contributed by atoms with van der Waals surface area (Å²) in [6.07, 6.45) is 2.06. The van der Waals surface area contributed by atoms with Crippen molar-refractivity contribution in [3.8, 4) is 5.75 Å². The highest BCUT2D eigenvalue weighted by atomic mass is 16.5. The number of rotatable bonds is 3. The molecule has 1 aromatic rings. The summed E-state index contributed by atoms with van der Waals surface area (Å²) < 4.78 is 5.08. The highest BCUT2D eigenvalue weighted by Gasteiger charge is 2.04. The molecule has 0 amide bonds. The highest BCUT2D eigenvalue weighted by molar-refractivity contribution is 5.88. The Balaban J connectivity index is 2.76. The van der Waals surface area contributed by atoms with E-state index in [0.29, 0.717) is 11.3 Å². The Morgan fingerprint density at radius 2 is 1.75 bits per heavy atom. The number of carbonyl (C=O) groups excluding carboxylic acids is 1. The second-order valence-corrected chi connectivity index (χ2v) is 3.96. The summed E-state index contributed by atoms with van der Waals surface area (Å²) in [5.41, 5.74) is 2.72. The maximum absolute atomic E-state index is 11.2. The van der Waals surface area contributed by atoms with E-state index < -0.39 is 5.97 Å². The summed E-state index contributed by atoms with van der Waals surface area (Å²) in [7, 11) is 0. The van der Waals surface area contributed by atoms with Crippen LogP contribution in [0.15, 0.2) is 42.0 Å². The second-order valence-electron chi connectivity index (χ2n) is 3.96. The maximum atomic E-state index is 11.2. The standard InChI is InChI=1S/C14H16O2/c1-10(2)9-12-5-7-13(8-6-12)16-14(15)11(3)4/h5-9H,3H2,1-2,4H3. The van der Waals surface area contributed by atoms with Crippen molar-refractivity contribution < 1.29 is 9.53 Å². The average Bonchev–Trinajstić information content (AvgIpc) is 2.20. The van der Waals surface area contributed by atoms with Crippen LogP contribution in [0.2, 0.25) is 0 Å². The minimum Gasteiger partial charge on any atom is -0.423 e. The molecule has 84 valence electrons. The summed E-state index contributed by atoms with van der Waals surface area (Å²) in [5.74, 6) is 0.147. The van der Waals surface area contributed by atoms with Crippen molar-refractivity contribution in [3.05, 3.63) is 47.6 Å². The van der Waals surface area contributed by atoms with E-state index in [9.17, 15) is 4.79 Å². The third-order valence-electron chi connectivity index (χ3n) is 1.89. The maximum Gasteiger partial charge on any atom is 0.338 e. The molecule has 2 heteroatoms. The molecule has 0 radical (unpaired) electrons. The first-order chi connectivity index (χ1) is 7.49. The zero-order chi connectivity index (χ0) is 12.1. The van der Waals surface area contributed by atoms with Gasteiger partial charge in [-0.1, -0.05) is 30.4 Å². The first-order valence-electron chi connectivity index (χ1n) is 5.11. The van der Waals surface area contributed by atoms with E-state index in [1.165, 1.54) is 5.57 Å². The lowest BCUT2D eigenvalue weighted by Gasteiger charge is -2.03. The van der Waals surface area contributed by atoms with Crippen LogP contribution in [0.25, 0.3) is 6.08 Å². The van der Waals surface area contributed by atoms with Crippen LogP contribution in [0.5, 0.6) is 5.75 Å². The van der Waals surface area contributed by atoms with E-state index in [-0.39, 0.29) is 0 Å². The largest absolute Gasteiger partial charge is 0.423 e. The lowest BCUT2D eigenvalue weighted by molar-refractivity contribution is -0.130. The molecule has 0 N–H and O–H groups in total. The molecule has 0 unspecified atom stereocenters. The second kappa shape index (κ2) is 5.31. The van der Waals surface area contributed by atoms with Gasteiger partial charge in [-0.2, -0.15) is 0 Å². The quantitative estimate of drug-likeness (QED) is 0.438. The number of allylic oxidation sites excluding steroid dienone is 1. The van der Waals surface area contributed by atoms with Crippen LogP contribution in [0.3, 0.4) is 0 Å². The number of ether oxygens (including phenoxy) is 1. The fourth-order valence-corrected chi connectivity index (χ4v) is 1.16. The molecule has 0 saturated carbocycles. The molecular formula is C14H16O2. The van der Waals surface area contributed by atoms with E-state index in [2.05, 4.69) is 12.7 Å². The molecule has 0 saturated heterocycles. The molecule has 0 bridgehead atoms. The van der Waals surface area contributed by atoms with Crippen molar-refractivity contribution in [1.29, 1.82) is 0 Å². The van der Waals surface area contributed by atoms with E-state index in [1.54, 1.807) is 19.1 Å². The lowest BCUT2D eigenvalue weighted by atomic mass is 10.1. The van der Waals surface area contributed by atoms with Crippen LogP contribution < -0.4 is 4.74 Å². The molecule has 16 heavy (non-hydrogen) atoms. The number of hydrogen-bond donors (Lipinski definition) is 0. The van der Waals surface area contributed by atoms with Gasteiger partial charge in [-0.3, -0.25) is 0 Å². The summed E-state index contributed by atoms with van der Waals surface area (Å²) in [6, 6.07) is 7.37. The molecular weight excluding hydrogens is 200 g/mol. The first-order valence-corrected chi connectivity index (χ1v) is 5.11. The summed E-state index contributed by atoms with van der Waals surface area (Å²) >= 11 is 0. The third kappa shape index (κ3) is 3.73. The summed E-state index contributed by atoms with van der Waals surface area (Å²) in [6.45, 7) is 9.22. The van der Waals surface area contributed by atoms with Gasteiger partial charge in [-0.25, -0.2) is 4.79 Å². The van der Waals surface area contributed by atoms with E-state index in [4.69, 9.17) is 4.74 Å². The van der Waals surface area contributed by atoms with Gasteiger partial charge in [-0.15, -0.1) is 0 Å². The Bertz CT molecular complexity index is 421. The minimum atomic E-state index is -0.394. The topological polar surface area (TPSA) is 26.3 Å². The van der Waals surface area contributed by atoms with E-state index in [1.807, 2.05) is 26.0 Å². The molecule has 2 nitrogen and oxygen atoms in total. The smallest absolute Gasteiger partial charge is 0.338 e. The summed E-state index contributed by atoms with van der Waals surface area (Å²) in [5, 5.41) is 0. The molecule has 0 aromatic heterocycles. The van der Waals surface area contributed by atoms with Crippen molar-refractivity contribution in [2.45, 2.75) is 20.8 Å². The van der Waals surface area contributed by atoms with Crippen LogP contribution in [-0.2, 0) is 4.79 Å². The lowest BCUT2D eigenvalue weighted by Crippen LogP contribution is -2.07. The van der Waals surface area contributed by atoms with Gasteiger partial charge in [0.2, 0.25) is 0 Å². The predicted molar refractivity (Wildman–Crippen MR) is 66.2 cm³/mol. The molecule has 0 aliphatic rings. The summed E-state index contributed by atoms with van der Waals surface area (Å²) in [4.78, 5) is 11.2. The van der Waals surface area contributed by atoms with Gasteiger partial charge in [0.25, 0.3) is 0 Å².